The van der Waals surface area contributed by atoms with Gasteiger partial charge < -0.3 is 10.6 Å². The molecule has 0 spiro atoms. The van der Waals surface area contributed by atoms with Crippen LogP contribution in [0.2, 0.25) is 0 Å². The van der Waals surface area contributed by atoms with Gasteiger partial charge in [0.1, 0.15) is 0 Å². The molecule has 15 heavy (non-hydrogen) atoms. The second-order valence-electron chi connectivity index (χ2n) is 3.62. The fraction of sp³-hybridized carbons (Fsp3) is 0.600. The van der Waals surface area contributed by atoms with E-state index >= 15 is 0 Å². The van der Waals surface area contributed by atoms with Crippen molar-refractivity contribution in [1.82, 2.24) is 15.3 Å². The highest BCUT2D eigenvalue weighted by Gasteiger charge is 2.13. The van der Waals surface area contributed by atoms with Crippen LogP contribution in [0.15, 0.2) is 17.3 Å². The van der Waals surface area contributed by atoms with Crippen LogP contribution in [0.4, 0.5) is 5.95 Å². The van der Waals surface area contributed by atoms with Crippen molar-refractivity contribution in [2.45, 2.75) is 23.8 Å². The molecule has 1 aromatic heterocycles. The Morgan fingerprint density at radius 3 is 2.60 bits per heavy atom. The van der Waals surface area contributed by atoms with Crippen molar-refractivity contribution in [2.75, 3.05) is 24.7 Å². The summed E-state index contributed by atoms with van der Waals surface area (Å²) in [6.07, 6.45) is 8.04. The second kappa shape index (κ2) is 5.32. The largest absolute Gasteiger partial charge is 0.351 e. The third-order valence-corrected chi connectivity index (χ3v) is 3.22. The molecule has 1 aliphatic heterocycles. The molecule has 4 nitrogen and oxygen atoms in total. The Kier molecular flexibility index (Phi) is 3.80. The number of rotatable bonds is 3. The average molecular weight is 224 g/mol. The minimum atomic E-state index is 0.520. The van der Waals surface area contributed by atoms with Crippen LogP contribution < -0.4 is 10.6 Å². The maximum Gasteiger partial charge on any atom is 0.222 e. The van der Waals surface area contributed by atoms with Crippen LogP contribution in [0.25, 0.3) is 0 Å². The van der Waals surface area contributed by atoms with E-state index in [1.54, 1.807) is 11.8 Å². The second-order valence-corrected chi connectivity index (χ2v) is 4.49. The van der Waals surface area contributed by atoms with Crippen molar-refractivity contribution in [1.29, 1.82) is 0 Å². The molecule has 1 fully saturated rings. The van der Waals surface area contributed by atoms with Crippen molar-refractivity contribution in [3.05, 3.63) is 12.4 Å². The van der Waals surface area contributed by atoms with Crippen LogP contribution in [0.5, 0.6) is 0 Å². The Hall–Kier alpha value is -0.810. The summed E-state index contributed by atoms with van der Waals surface area (Å²) in [6, 6.07) is 0.520. The summed E-state index contributed by atoms with van der Waals surface area (Å²) in [7, 11) is 0. The maximum absolute atomic E-state index is 4.28. The molecule has 0 bridgehead atoms. The van der Waals surface area contributed by atoms with Crippen molar-refractivity contribution in [3.63, 3.8) is 0 Å². The van der Waals surface area contributed by atoms with E-state index in [-0.39, 0.29) is 0 Å². The smallest absolute Gasteiger partial charge is 0.222 e. The predicted octanol–water partition coefficient (Wildman–Crippen LogP) is 1.36. The number of aromatic nitrogens is 2. The minimum Gasteiger partial charge on any atom is -0.351 e. The molecule has 0 saturated carbocycles. The number of nitrogens with one attached hydrogen (secondary N) is 2. The molecule has 1 aromatic rings. The highest BCUT2D eigenvalue weighted by atomic mass is 32.2. The van der Waals surface area contributed by atoms with Crippen molar-refractivity contribution in [3.8, 4) is 0 Å². The Balaban J connectivity index is 1.91. The van der Waals surface area contributed by atoms with Gasteiger partial charge in [0.2, 0.25) is 5.95 Å². The van der Waals surface area contributed by atoms with E-state index in [2.05, 4.69) is 20.6 Å². The standard InChI is InChI=1S/C10H16N4S/c1-15-9-6-12-10(13-7-9)14-8-2-4-11-5-3-8/h6-8,11H,2-5H2,1H3,(H,12,13,14). The number of hydrogen-bond acceptors (Lipinski definition) is 5. The molecular formula is C10H16N4S. The molecule has 0 amide bonds. The fourth-order valence-electron chi connectivity index (χ4n) is 1.64. The van der Waals surface area contributed by atoms with Crippen LogP contribution in [-0.2, 0) is 0 Å². The van der Waals surface area contributed by atoms with Gasteiger partial charge in [-0.15, -0.1) is 11.8 Å². The summed E-state index contributed by atoms with van der Waals surface area (Å²) in [6.45, 7) is 2.17. The fourth-order valence-corrected chi connectivity index (χ4v) is 1.96. The summed E-state index contributed by atoms with van der Waals surface area (Å²) >= 11 is 1.66. The Morgan fingerprint density at radius 1 is 1.33 bits per heavy atom. The Labute approximate surface area is 94.3 Å². The molecule has 2 N–H and O–H groups in total. The van der Waals surface area contributed by atoms with Gasteiger partial charge in [-0.05, 0) is 32.2 Å². The average Bonchev–Trinajstić information content (AvgIpc) is 2.31. The number of nitrogens with zero attached hydrogens (tertiary/aromatic N) is 2. The van der Waals surface area contributed by atoms with Crippen LogP contribution in [0.3, 0.4) is 0 Å². The lowest BCUT2D eigenvalue weighted by molar-refractivity contribution is 0.477. The SMILES string of the molecule is CSc1cnc(NC2CCNCC2)nc1. The van der Waals surface area contributed by atoms with Crippen LogP contribution in [0, 0.1) is 0 Å². The molecule has 0 aromatic carbocycles. The lowest BCUT2D eigenvalue weighted by atomic mass is 10.1. The molecule has 5 heteroatoms. The quantitative estimate of drug-likeness (QED) is 0.759. The van der Waals surface area contributed by atoms with Gasteiger partial charge in [-0.1, -0.05) is 0 Å². The van der Waals surface area contributed by atoms with E-state index in [1.165, 1.54) is 0 Å². The third kappa shape index (κ3) is 3.07. The zero-order valence-electron chi connectivity index (χ0n) is 8.86. The van der Waals surface area contributed by atoms with E-state index < -0.39 is 0 Å². The monoisotopic (exact) mass is 224 g/mol. The number of thioether (sulfide) groups is 1. The van der Waals surface area contributed by atoms with Gasteiger partial charge in [0, 0.05) is 23.3 Å². The molecule has 0 radical (unpaired) electrons. The van der Waals surface area contributed by atoms with E-state index in [0.29, 0.717) is 6.04 Å². The predicted molar refractivity (Wildman–Crippen MR) is 63.3 cm³/mol. The van der Waals surface area contributed by atoms with Gasteiger partial charge in [-0.25, -0.2) is 9.97 Å². The van der Waals surface area contributed by atoms with Crippen LogP contribution >= 0.6 is 11.8 Å². The van der Waals surface area contributed by atoms with E-state index in [0.717, 1.165) is 36.8 Å². The number of piperidine rings is 1. The lowest BCUT2D eigenvalue weighted by Gasteiger charge is -2.23. The summed E-state index contributed by atoms with van der Waals surface area (Å²) in [5.41, 5.74) is 0. The van der Waals surface area contributed by atoms with Crippen molar-refractivity contribution >= 4 is 17.7 Å². The van der Waals surface area contributed by atoms with Gasteiger partial charge in [0.25, 0.3) is 0 Å². The maximum atomic E-state index is 4.28. The first kappa shape index (κ1) is 10.7. The third-order valence-electron chi connectivity index (χ3n) is 2.54. The molecule has 0 atom stereocenters. The normalized spacial score (nSPS) is 17.7. The van der Waals surface area contributed by atoms with Gasteiger partial charge in [0.05, 0.1) is 0 Å². The number of anilines is 1. The first-order valence-corrected chi connectivity index (χ1v) is 6.44. The summed E-state index contributed by atoms with van der Waals surface area (Å²) < 4.78 is 0. The Morgan fingerprint density at radius 2 is 2.00 bits per heavy atom. The van der Waals surface area contributed by atoms with Gasteiger partial charge in [-0.3, -0.25) is 0 Å². The molecule has 0 aliphatic carbocycles. The zero-order valence-corrected chi connectivity index (χ0v) is 9.68. The van der Waals surface area contributed by atoms with Gasteiger partial charge in [-0.2, -0.15) is 0 Å². The summed E-state index contributed by atoms with van der Waals surface area (Å²) in [5, 5.41) is 6.70. The summed E-state index contributed by atoms with van der Waals surface area (Å²) in [5.74, 6) is 0.750. The zero-order chi connectivity index (χ0) is 10.5. The summed E-state index contributed by atoms with van der Waals surface area (Å²) in [4.78, 5) is 9.66. The molecule has 0 unspecified atom stereocenters. The minimum absolute atomic E-state index is 0.520. The van der Waals surface area contributed by atoms with Crippen LogP contribution in [-0.4, -0.2) is 35.4 Å². The topological polar surface area (TPSA) is 49.8 Å². The molecule has 2 heterocycles. The Bertz CT molecular complexity index is 295. The van der Waals surface area contributed by atoms with Crippen LogP contribution in [0.1, 0.15) is 12.8 Å². The van der Waals surface area contributed by atoms with E-state index in [1.807, 2.05) is 18.6 Å². The van der Waals surface area contributed by atoms with Crippen molar-refractivity contribution < 1.29 is 0 Å². The van der Waals surface area contributed by atoms with Crippen molar-refractivity contribution in [2.24, 2.45) is 0 Å². The highest BCUT2D eigenvalue weighted by molar-refractivity contribution is 7.98. The first-order valence-electron chi connectivity index (χ1n) is 5.22. The molecule has 1 aliphatic rings. The molecule has 1 saturated heterocycles. The van der Waals surface area contributed by atoms with E-state index in [4.69, 9.17) is 0 Å². The molecular weight excluding hydrogens is 208 g/mol. The van der Waals surface area contributed by atoms with E-state index in [9.17, 15) is 0 Å². The molecule has 82 valence electrons. The molecule has 2 rings (SSSR count). The highest BCUT2D eigenvalue weighted by Crippen LogP contribution is 2.13. The van der Waals surface area contributed by atoms with Gasteiger partial charge in [0.15, 0.2) is 0 Å². The lowest BCUT2D eigenvalue weighted by Crippen LogP contribution is -2.35. The van der Waals surface area contributed by atoms with Gasteiger partial charge >= 0.3 is 0 Å². The number of hydrogen-bond donors (Lipinski definition) is 2. The first-order chi connectivity index (χ1) is 7.38.